The van der Waals surface area contributed by atoms with E-state index in [1.54, 1.807) is 10.4 Å². The molecule has 1 saturated heterocycles. The molecule has 0 radical (unpaired) electrons. The van der Waals surface area contributed by atoms with Gasteiger partial charge in [0.15, 0.2) is 0 Å². The third-order valence-electron chi connectivity index (χ3n) is 4.57. The number of nitrogens with zero attached hydrogens (tertiary/aromatic N) is 1. The van der Waals surface area contributed by atoms with Crippen molar-refractivity contribution in [1.29, 1.82) is 0 Å². The molecule has 0 aliphatic carbocycles. The van der Waals surface area contributed by atoms with Gasteiger partial charge in [0.2, 0.25) is 10.0 Å². The summed E-state index contributed by atoms with van der Waals surface area (Å²) in [6.45, 7) is 3.58. The van der Waals surface area contributed by atoms with Crippen LogP contribution in [0.5, 0.6) is 5.75 Å². The van der Waals surface area contributed by atoms with E-state index in [4.69, 9.17) is 10.5 Å². The Morgan fingerprint density at radius 1 is 1.36 bits per heavy atom. The lowest BCUT2D eigenvalue weighted by Crippen LogP contribution is -2.42. The molecule has 0 aromatic heterocycles. The van der Waals surface area contributed by atoms with Crippen molar-refractivity contribution in [2.24, 2.45) is 11.7 Å². The van der Waals surface area contributed by atoms with E-state index >= 15 is 0 Å². The lowest BCUT2D eigenvalue weighted by molar-refractivity contribution is 0.250. The zero-order valence-electron chi connectivity index (χ0n) is 12.6. The number of fused-ring (bicyclic) bond motifs is 1. The van der Waals surface area contributed by atoms with E-state index in [1.165, 1.54) is 0 Å². The van der Waals surface area contributed by atoms with Gasteiger partial charge >= 0.3 is 0 Å². The highest BCUT2D eigenvalue weighted by Crippen LogP contribution is 2.38. The van der Waals surface area contributed by atoms with Gasteiger partial charge in [-0.1, -0.05) is 15.9 Å². The fraction of sp³-hybridized carbons (Fsp3) is 0.600. The van der Waals surface area contributed by atoms with Gasteiger partial charge in [0, 0.05) is 35.6 Å². The number of piperidine rings is 1. The maximum atomic E-state index is 13.0. The average molecular weight is 389 g/mol. The Hall–Kier alpha value is -0.630. The van der Waals surface area contributed by atoms with Gasteiger partial charge in [-0.3, -0.25) is 0 Å². The summed E-state index contributed by atoms with van der Waals surface area (Å²) in [6, 6.07) is 3.70. The molecular formula is C15H21BrN2O3S. The van der Waals surface area contributed by atoms with Crippen molar-refractivity contribution in [2.75, 3.05) is 19.7 Å². The Morgan fingerprint density at radius 3 is 2.68 bits per heavy atom. The predicted molar refractivity (Wildman–Crippen MR) is 88.5 cm³/mol. The number of sulfonamides is 1. The molecule has 1 aromatic rings. The van der Waals surface area contributed by atoms with Crippen LogP contribution in [0, 0.1) is 5.92 Å². The predicted octanol–water partition coefficient (Wildman–Crippen LogP) is 2.13. The molecule has 1 unspecified atom stereocenters. The second-order valence-electron chi connectivity index (χ2n) is 6.09. The first-order valence-corrected chi connectivity index (χ1v) is 9.84. The Balaban J connectivity index is 1.89. The van der Waals surface area contributed by atoms with Gasteiger partial charge in [0.05, 0.1) is 6.61 Å². The quantitative estimate of drug-likeness (QED) is 0.860. The smallest absolute Gasteiger partial charge is 0.246 e. The summed E-state index contributed by atoms with van der Waals surface area (Å²) in [7, 11) is -3.52. The first-order valence-electron chi connectivity index (χ1n) is 7.60. The monoisotopic (exact) mass is 388 g/mol. The van der Waals surface area contributed by atoms with Crippen LogP contribution in [0.2, 0.25) is 0 Å². The van der Waals surface area contributed by atoms with E-state index < -0.39 is 10.0 Å². The SMILES string of the molecule is CC(N)C1CCN(S(=O)(=O)c2cc(Br)cc3c2OCC3)CC1. The van der Waals surface area contributed by atoms with Crippen LogP contribution in [0.1, 0.15) is 25.3 Å². The summed E-state index contributed by atoms with van der Waals surface area (Å²) < 4.78 is 33.9. The Kier molecular flexibility index (Phi) is 4.51. The van der Waals surface area contributed by atoms with E-state index in [2.05, 4.69) is 15.9 Å². The molecule has 0 spiro atoms. The largest absolute Gasteiger partial charge is 0.492 e. The van der Waals surface area contributed by atoms with Crippen LogP contribution in [0.25, 0.3) is 0 Å². The van der Waals surface area contributed by atoms with Gasteiger partial charge < -0.3 is 10.5 Å². The highest BCUT2D eigenvalue weighted by Gasteiger charge is 2.34. The van der Waals surface area contributed by atoms with Crippen LogP contribution in [0.4, 0.5) is 0 Å². The molecule has 122 valence electrons. The summed E-state index contributed by atoms with van der Waals surface area (Å²) in [5, 5.41) is 0. The highest BCUT2D eigenvalue weighted by molar-refractivity contribution is 9.10. The first-order chi connectivity index (χ1) is 10.4. The molecule has 2 aliphatic rings. The van der Waals surface area contributed by atoms with Crippen molar-refractivity contribution in [3.63, 3.8) is 0 Å². The van der Waals surface area contributed by atoms with Gasteiger partial charge in [-0.15, -0.1) is 0 Å². The van der Waals surface area contributed by atoms with Crippen molar-refractivity contribution in [2.45, 2.75) is 37.1 Å². The molecule has 3 rings (SSSR count). The molecule has 22 heavy (non-hydrogen) atoms. The summed E-state index contributed by atoms with van der Waals surface area (Å²) >= 11 is 3.41. The highest BCUT2D eigenvalue weighted by atomic mass is 79.9. The molecule has 0 amide bonds. The fourth-order valence-electron chi connectivity index (χ4n) is 3.21. The minimum Gasteiger partial charge on any atom is -0.492 e. The third kappa shape index (κ3) is 2.91. The van der Waals surface area contributed by atoms with Crippen LogP contribution < -0.4 is 10.5 Å². The molecule has 2 heterocycles. The van der Waals surface area contributed by atoms with E-state index in [0.717, 1.165) is 29.3 Å². The average Bonchev–Trinajstić information content (AvgIpc) is 2.94. The first kappa shape index (κ1) is 16.2. The van der Waals surface area contributed by atoms with Crippen LogP contribution in [0.15, 0.2) is 21.5 Å². The van der Waals surface area contributed by atoms with Crippen LogP contribution in [-0.4, -0.2) is 38.5 Å². The number of halogens is 1. The van der Waals surface area contributed by atoms with Crippen LogP contribution >= 0.6 is 15.9 Å². The van der Waals surface area contributed by atoms with Gasteiger partial charge in [-0.25, -0.2) is 8.42 Å². The number of benzene rings is 1. The molecule has 1 fully saturated rings. The normalized spacial score (nSPS) is 21.4. The van der Waals surface area contributed by atoms with Crippen molar-refractivity contribution in [1.82, 2.24) is 4.31 Å². The van der Waals surface area contributed by atoms with Gasteiger partial charge in [-0.2, -0.15) is 4.31 Å². The maximum Gasteiger partial charge on any atom is 0.246 e. The number of rotatable bonds is 3. The molecule has 1 aromatic carbocycles. The molecule has 2 aliphatic heterocycles. The second-order valence-corrected chi connectivity index (χ2v) is 8.91. The standard InChI is InChI=1S/C15H21BrN2O3S/c1-10(17)11-2-5-18(6-3-11)22(19,20)14-9-13(16)8-12-4-7-21-15(12)14/h8-11H,2-7,17H2,1H3. The van der Waals surface area contributed by atoms with Gasteiger partial charge in [0.25, 0.3) is 0 Å². The van der Waals surface area contributed by atoms with E-state index in [9.17, 15) is 8.42 Å². The zero-order chi connectivity index (χ0) is 15.9. The Bertz CT molecular complexity index is 668. The Labute approximate surface area is 140 Å². The molecule has 5 nitrogen and oxygen atoms in total. The summed E-state index contributed by atoms with van der Waals surface area (Å²) in [5.41, 5.74) is 6.89. The number of ether oxygens (including phenoxy) is 1. The van der Waals surface area contributed by atoms with Gasteiger partial charge in [0.1, 0.15) is 10.6 Å². The summed E-state index contributed by atoms with van der Waals surface area (Å²) in [5.74, 6) is 0.924. The molecule has 1 atom stereocenters. The minimum absolute atomic E-state index is 0.114. The van der Waals surface area contributed by atoms with Crippen molar-refractivity contribution >= 4 is 26.0 Å². The molecule has 0 bridgehead atoms. The molecule has 7 heteroatoms. The zero-order valence-corrected chi connectivity index (χ0v) is 15.0. The van der Waals surface area contributed by atoms with Crippen molar-refractivity contribution < 1.29 is 13.2 Å². The topological polar surface area (TPSA) is 72.6 Å². The number of hydrogen-bond acceptors (Lipinski definition) is 4. The lowest BCUT2D eigenvalue weighted by Gasteiger charge is -2.33. The van der Waals surface area contributed by atoms with Crippen LogP contribution in [0.3, 0.4) is 0 Å². The molecule has 0 saturated carbocycles. The number of nitrogens with two attached hydrogens (primary N) is 1. The van der Waals surface area contributed by atoms with Crippen molar-refractivity contribution in [3.05, 3.63) is 22.2 Å². The maximum absolute atomic E-state index is 13.0. The fourth-order valence-corrected chi connectivity index (χ4v) is 5.53. The van der Waals surface area contributed by atoms with E-state index in [0.29, 0.717) is 31.4 Å². The molecule has 2 N–H and O–H groups in total. The van der Waals surface area contributed by atoms with Crippen LogP contribution in [-0.2, 0) is 16.4 Å². The van der Waals surface area contributed by atoms with E-state index in [-0.39, 0.29) is 10.9 Å². The lowest BCUT2D eigenvalue weighted by atomic mass is 9.92. The molecular weight excluding hydrogens is 368 g/mol. The van der Waals surface area contributed by atoms with Crippen molar-refractivity contribution in [3.8, 4) is 5.75 Å². The number of hydrogen-bond donors (Lipinski definition) is 1. The second kappa shape index (κ2) is 6.11. The minimum atomic E-state index is -3.52. The third-order valence-corrected chi connectivity index (χ3v) is 6.94. The van der Waals surface area contributed by atoms with E-state index in [1.807, 2.05) is 13.0 Å². The summed E-state index contributed by atoms with van der Waals surface area (Å²) in [6.07, 6.45) is 2.38. The summed E-state index contributed by atoms with van der Waals surface area (Å²) in [4.78, 5) is 0.286. The van der Waals surface area contributed by atoms with Gasteiger partial charge in [-0.05, 0) is 37.8 Å². The Morgan fingerprint density at radius 2 is 2.05 bits per heavy atom.